The van der Waals surface area contributed by atoms with Gasteiger partial charge in [-0.25, -0.2) is 4.79 Å². The monoisotopic (exact) mass is 457 g/mol. The van der Waals surface area contributed by atoms with Gasteiger partial charge in [-0.2, -0.15) is 0 Å². The van der Waals surface area contributed by atoms with Crippen LogP contribution < -0.4 is 16.0 Å². The molecule has 2 fully saturated rings. The standard InChI is InChI=1S/C21H24BrN5O2/c1-25-19(28)12-26(21(25)29)10-13-4-6-15(7-5-13)16-8-17(22)20-18(9-16)27(24-23-20)11-14-2-3-14/h4-9,14,19,23-24,28H,2-3,10-12H2,1H3. The fourth-order valence-corrected chi connectivity index (χ4v) is 4.43. The molecule has 7 nitrogen and oxygen atoms in total. The molecule has 2 aromatic carbocycles. The van der Waals surface area contributed by atoms with Gasteiger partial charge in [0.25, 0.3) is 0 Å². The molecule has 0 radical (unpaired) electrons. The molecule has 0 aromatic heterocycles. The van der Waals surface area contributed by atoms with Gasteiger partial charge in [-0.1, -0.05) is 24.3 Å². The number of likely N-dealkylation sites (N-methyl/N-ethyl adjacent to an activating group) is 1. The van der Waals surface area contributed by atoms with Crippen LogP contribution in [-0.4, -0.2) is 47.3 Å². The summed E-state index contributed by atoms with van der Waals surface area (Å²) in [5.74, 6) is 0.780. The predicted molar refractivity (Wildman–Crippen MR) is 116 cm³/mol. The number of hydrogen-bond acceptors (Lipinski definition) is 5. The molecule has 1 saturated carbocycles. The fourth-order valence-electron chi connectivity index (χ4n) is 3.89. The number of halogens is 1. The van der Waals surface area contributed by atoms with E-state index >= 15 is 0 Å². The highest BCUT2D eigenvalue weighted by atomic mass is 79.9. The van der Waals surface area contributed by atoms with Crippen molar-refractivity contribution in [3.8, 4) is 11.1 Å². The number of nitrogens with zero attached hydrogens (tertiary/aromatic N) is 3. The van der Waals surface area contributed by atoms with Crippen molar-refractivity contribution in [1.29, 1.82) is 0 Å². The fraction of sp³-hybridized carbons (Fsp3) is 0.381. The van der Waals surface area contributed by atoms with Crippen molar-refractivity contribution in [2.75, 3.05) is 30.6 Å². The Morgan fingerprint density at radius 3 is 2.59 bits per heavy atom. The number of anilines is 2. The van der Waals surface area contributed by atoms with Crippen LogP contribution in [0, 0.1) is 5.92 Å². The molecule has 0 spiro atoms. The van der Waals surface area contributed by atoms with E-state index in [4.69, 9.17) is 0 Å². The lowest BCUT2D eigenvalue weighted by Crippen LogP contribution is -2.37. The van der Waals surface area contributed by atoms with Crippen molar-refractivity contribution in [3.63, 3.8) is 0 Å². The molecule has 152 valence electrons. The van der Waals surface area contributed by atoms with Crippen molar-refractivity contribution in [2.24, 2.45) is 5.92 Å². The number of β-amino-alcohol motifs (C(OH)–C–C–N with tert-alkyl or cyclic N) is 1. The third kappa shape index (κ3) is 3.56. The number of nitrogens with one attached hydrogen (secondary N) is 2. The van der Waals surface area contributed by atoms with Crippen LogP contribution in [0.2, 0.25) is 0 Å². The second kappa shape index (κ2) is 7.19. The Balaban J connectivity index is 1.35. The van der Waals surface area contributed by atoms with Gasteiger partial charge in [0.1, 0.15) is 6.23 Å². The van der Waals surface area contributed by atoms with Crippen LogP contribution in [0.4, 0.5) is 16.2 Å². The molecule has 2 aromatic rings. The zero-order valence-electron chi connectivity index (χ0n) is 16.2. The van der Waals surface area contributed by atoms with Gasteiger partial charge in [0.05, 0.1) is 17.9 Å². The minimum Gasteiger partial charge on any atom is -0.372 e. The molecule has 1 unspecified atom stereocenters. The smallest absolute Gasteiger partial charge is 0.322 e. The highest BCUT2D eigenvalue weighted by molar-refractivity contribution is 9.10. The Morgan fingerprint density at radius 1 is 1.17 bits per heavy atom. The van der Waals surface area contributed by atoms with Gasteiger partial charge in [0, 0.05) is 24.6 Å². The molecule has 2 amide bonds. The Morgan fingerprint density at radius 2 is 1.93 bits per heavy atom. The topological polar surface area (TPSA) is 71.1 Å². The van der Waals surface area contributed by atoms with Crippen molar-refractivity contribution in [3.05, 3.63) is 46.4 Å². The zero-order chi connectivity index (χ0) is 20.1. The SMILES string of the molecule is CN1C(=O)N(Cc2ccc(-c3cc(Br)c4c(c3)N(CC3CC3)NN4)cc2)CC1O. The Bertz CT molecular complexity index is 947. The first kappa shape index (κ1) is 18.7. The molecular weight excluding hydrogens is 434 g/mol. The lowest BCUT2D eigenvalue weighted by atomic mass is 10.0. The number of benzene rings is 2. The van der Waals surface area contributed by atoms with Gasteiger partial charge in [0.15, 0.2) is 0 Å². The van der Waals surface area contributed by atoms with E-state index < -0.39 is 6.23 Å². The third-order valence-corrected chi connectivity index (χ3v) is 6.50. The summed E-state index contributed by atoms with van der Waals surface area (Å²) in [5, 5.41) is 12.0. The van der Waals surface area contributed by atoms with E-state index in [1.54, 1.807) is 11.9 Å². The summed E-state index contributed by atoms with van der Waals surface area (Å²) in [6.07, 6.45) is 1.89. The molecule has 1 saturated heterocycles. The van der Waals surface area contributed by atoms with Crippen molar-refractivity contribution in [1.82, 2.24) is 15.3 Å². The van der Waals surface area contributed by atoms with E-state index in [0.717, 1.165) is 45.0 Å². The van der Waals surface area contributed by atoms with Crippen LogP contribution in [0.15, 0.2) is 40.9 Å². The first-order valence-electron chi connectivity index (χ1n) is 9.91. The number of fused-ring (bicyclic) bond motifs is 1. The molecule has 1 atom stereocenters. The van der Waals surface area contributed by atoms with Gasteiger partial charge in [-0.3, -0.25) is 5.01 Å². The maximum absolute atomic E-state index is 12.1. The minimum absolute atomic E-state index is 0.139. The van der Waals surface area contributed by atoms with Crippen LogP contribution in [0.25, 0.3) is 11.1 Å². The third-order valence-electron chi connectivity index (χ3n) is 5.88. The molecular formula is C21H24BrN5O2. The maximum Gasteiger partial charge on any atom is 0.322 e. The Hall–Kier alpha value is -2.29. The Kier molecular flexibility index (Phi) is 4.64. The van der Waals surface area contributed by atoms with Crippen molar-refractivity contribution in [2.45, 2.75) is 25.6 Å². The van der Waals surface area contributed by atoms with E-state index in [1.807, 2.05) is 12.1 Å². The number of hydrogen-bond donors (Lipinski definition) is 3. The number of carbonyl (C=O) groups excluding carboxylic acids is 1. The summed E-state index contributed by atoms with van der Waals surface area (Å²) in [6.45, 7) is 1.85. The average Bonchev–Trinajstić information content (AvgIpc) is 3.39. The van der Waals surface area contributed by atoms with Gasteiger partial charge in [0.2, 0.25) is 0 Å². The van der Waals surface area contributed by atoms with E-state index in [2.05, 4.69) is 56.2 Å². The lowest BCUT2D eigenvalue weighted by molar-refractivity contribution is 0.0790. The molecule has 1 aliphatic carbocycles. The molecule has 5 rings (SSSR count). The zero-order valence-corrected chi connectivity index (χ0v) is 17.8. The number of amides is 2. The van der Waals surface area contributed by atoms with Crippen LogP contribution >= 0.6 is 15.9 Å². The maximum atomic E-state index is 12.1. The largest absolute Gasteiger partial charge is 0.372 e. The van der Waals surface area contributed by atoms with Crippen LogP contribution in [0.3, 0.4) is 0 Å². The minimum atomic E-state index is -0.730. The molecule has 3 N–H and O–H groups in total. The first-order valence-corrected chi connectivity index (χ1v) is 10.7. The number of aliphatic hydroxyl groups excluding tert-OH is 1. The first-order chi connectivity index (χ1) is 14.0. The average molecular weight is 458 g/mol. The summed E-state index contributed by atoms with van der Waals surface area (Å²) in [4.78, 5) is 15.2. The highest BCUT2D eigenvalue weighted by Crippen LogP contribution is 2.42. The van der Waals surface area contributed by atoms with Gasteiger partial charge < -0.3 is 20.3 Å². The van der Waals surface area contributed by atoms with Crippen LogP contribution in [0.1, 0.15) is 18.4 Å². The van der Waals surface area contributed by atoms with Gasteiger partial charge in [-0.05, 0) is 63.5 Å². The summed E-state index contributed by atoms with van der Waals surface area (Å²) in [5.41, 5.74) is 12.1. The molecule has 8 heteroatoms. The number of rotatable bonds is 5. The second-order valence-electron chi connectivity index (χ2n) is 8.09. The highest BCUT2D eigenvalue weighted by Gasteiger charge is 2.33. The van der Waals surface area contributed by atoms with Gasteiger partial charge >= 0.3 is 6.03 Å². The quantitative estimate of drug-likeness (QED) is 0.641. The van der Waals surface area contributed by atoms with Gasteiger partial charge in [-0.15, -0.1) is 5.53 Å². The van der Waals surface area contributed by atoms with Crippen LogP contribution in [0.5, 0.6) is 0 Å². The number of carbonyl (C=O) groups is 1. The Labute approximate surface area is 178 Å². The molecule has 29 heavy (non-hydrogen) atoms. The van der Waals surface area contributed by atoms with E-state index in [1.165, 1.54) is 17.7 Å². The van der Waals surface area contributed by atoms with Crippen molar-refractivity contribution >= 4 is 33.3 Å². The summed E-state index contributed by atoms with van der Waals surface area (Å²) < 4.78 is 1.03. The molecule has 0 bridgehead atoms. The summed E-state index contributed by atoms with van der Waals surface area (Å²) in [7, 11) is 1.62. The summed E-state index contributed by atoms with van der Waals surface area (Å²) in [6, 6.07) is 12.5. The lowest BCUT2D eigenvalue weighted by Gasteiger charge is -2.18. The normalized spacial score (nSPS) is 21.0. The van der Waals surface area contributed by atoms with E-state index in [0.29, 0.717) is 13.1 Å². The van der Waals surface area contributed by atoms with E-state index in [-0.39, 0.29) is 6.03 Å². The number of hydrazine groups is 2. The van der Waals surface area contributed by atoms with E-state index in [9.17, 15) is 9.90 Å². The predicted octanol–water partition coefficient (Wildman–Crippen LogP) is 3.36. The van der Waals surface area contributed by atoms with Crippen molar-refractivity contribution < 1.29 is 9.90 Å². The second-order valence-corrected chi connectivity index (χ2v) is 8.95. The summed E-state index contributed by atoms with van der Waals surface area (Å²) >= 11 is 3.69. The number of aliphatic hydroxyl groups is 1. The molecule has 2 heterocycles. The number of urea groups is 1. The van der Waals surface area contributed by atoms with Crippen LogP contribution in [-0.2, 0) is 6.54 Å². The molecule has 3 aliphatic rings. The molecule has 2 aliphatic heterocycles.